The van der Waals surface area contributed by atoms with Crippen LogP contribution in [0.1, 0.15) is 51.0 Å². The Labute approximate surface area is 162 Å². The van der Waals surface area contributed by atoms with Gasteiger partial charge >= 0.3 is 0 Å². The zero-order valence-electron chi connectivity index (χ0n) is 16.2. The third-order valence-corrected chi connectivity index (χ3v) is 7.52. The maximum absolute atomic E-state index is 11.0. The molecule has 3 unspecified atom stereocenters. The molecule has 4 saturated carbocycles. The van der Waals surface area contributed by atoms with Crippen LogP contribution in [0.4, 0.5) is 0 Å². The van der Waals surface area contributed by atoms with Crippen LogP contribution >= 0.6 is 0 Å². The molecular formula is C24H30N2O. The first-order valence-corrected chi connectivity index (χ1v) is 10.5. The largest absolute Gasteiger partial charge is 0.390 e. The van der Waals surface area contributed by atoms with E-state index >= 15 is 0 Å². The summed E-state index contributed by atoms with van der Waals surface area (Å²) in [7, 11) is 0. The Hall–Kier alpha value is -1.71. The zero-order chi connectivity index (χ0) is 18.5. The number of nitrogens with zero attached hydrogens (tertiary/aromatic N) is 1. The van der Waals surface area contributed by atoms with Crippen molar-refractivity contribution < 1.29 is 5.11 Å². The highest BCUT2D eigenvalue weighted by atomic mass is 16.3. The number of hydrogen-bond acceptors (Lipinski definition) is 3. The van der Waals surface area contributed by atoms with Crippen molar-refractivity contribution in [2.75, 3.05) is 0 Å². The van der Waals surface area contributed by atoms with Gasteiger partial charge in [-0.1, -0.05) is 30.3 Å². The second-order valence-corrected chi connectivity index (χ2v) is 9.56. The normalized spacial score (nSPS) is 35.3. The van der Waals surface area contributed by atoms with Crippen molar-refractivity contribution in [3.63, 3.8) is 0 Å². The number of pyridine rings is 1. The van der Waals surface area contributed by atoms with Gasteiger partial charge in [0, 0.05) is 24.3 Å². The van der Waals surface area contributed by atoms with Crippen molar-refractivity contribution in [2.24, 2.45) is 17.3 Å². The summed E-state index contributed by atoms with van der Waals surface area (Å²) >= 11 is 0. The molecule has 3 nitrogen and oxygen atoms in total. The van der Waals surface area contributed by atoms with Gasteiger partial charge in [-0.2, -0.15) is 0 Å². The Bertz CT molecular complexity index is 787. The molecule has 3 heteroatoms. The maximum Gasteiger partial charge on any atom is 0.0701 e. The number of hydrogen-bond donors (Lipinski definition) is 2. The fraction of sp³-hybridized carbons (Fsp3) is 0.542. The third kappa shape index (κ3) is 3.21. The summed E-state index contributed by atoms with van der Waals surface area (Å²) in [5.41, 5.74) is 3.42. The average Bonchev–Trinajstić information content (AvgIpc) is 2.65. The molecule has 4 aliphatic rings. The van der Waals surface area contributed by atoms with Crippen LogP contribution in [0.2, 0.25) is 0 Å². The van der Waals surface area contributed by atoms with Crippen molar-refractivity contribution in [3.8, 4) is 11.3 Å². The van der Waals surface area contributed by atoms with E-state index < -0.39 is 0 Å². The van der Waals surface area contributed by atoms with E-state index in [1.807, 2.05) is 24.4 Å². The lowest BCUT2D eigenvalue weighted by Gasteiger charge is -2.62. The average molecular weight is 363 g/mol. The van der Waals surface area contributed by atoms with Gasteiger partial charge < -0.3 is 10.4 Å². The summed E-state index contributed by atoms with van der Waals surface area (Å²) in [6, 6.07) is 15.2. The minimum Gasteiger partial charge on any atom is -0.390 e. The molecule has 3 atom stereocenters. The molecule has 142 valence electrons. The molecule has 0 spiro atoms. The zero-order valence-corrected chi connectivity index (χ0v) is 16.2. The predicted molar refractivity (Wildman–Crippen MR) is 108 cm³/mol. The van der Waals surface area contributed by atoms with Crippen LogP contribution in [0.5, 0.6) is 0 Å². The molecule has 1 aromatic carbocycles. The molecule has 0 aliphatic heterocycles. The van der Waals surface area contributed by atoms with Crippen molar-refractivity contribution in [1.82, 2.24) is 10.3 Å². The molecule has 27 heavy (non-hydrogen) atoms. The van der Waals surface area contributed by atoms with E-state index in [0.29, 0.717) is 11.5 Å². The van der Waals surface area contributed by atoms with E-state index in [1.54, 1.807) is 0 Å². The van der Waals surface area contributed by atoms with Crippen LogP contribution in [0.25, 0.3) is 11.3 Å². The first-order chi connectivity index (χ1) is 13.0. The summed E-state index contributed by atoms with van der Waals surface area (Å²) in [6.07, 6.45) is 8.90. The Morgan fingerprint density at radius 3 is 2.44 bits per heavy atom. The summed E-state index contributed by atoms with van der Waals surface area (Å²) in [5.74, 6) is 1.50. The van der Waals surface area contributed by atoms with Gasteiger partial charge in [0.05, 0.1) is 11.3 Å². The molecule has 4 bridgehead atoms. The third-order valence-electron chi connectivity index (χ3n) is 7.52. The summed E-state index contributed by atoms with van der Waals surface area (Å²) in [6.45, 7) is 3.23. The number of rotatable bonds is 5. The lowest BCUT2D eigenvalue weighted by molar-refractivity contribution is -0.172. The number of nitrogens with one attached hydrogen (secondary N) is 1. The predicted octanol–water partition coefficient (Wildman–Crippen LogP) is 4.56. The van der Waals surface area contributed by atoms with E-state index in [9.17, 15) is 5.11 Å². The number of benzene rings is 1. The quantitative estimate of drug-likeness (QED) is 0.820. The van der Waals surface area contributed by atoms with E-state index in [2.05, 4.69) is 41.5 Å². The van der Waals surface area contributed by atoms with Gasteiger partial charge in [-0.25, -0.2) is 0 Å². The molecule has 0 saturated heterocycles. The number of aromatic nitrogens is 1. The van der Waals surface area contributed by atoms with Crippen LogP contribution in [-0.2, 0) is 6.54 Å². The topological polar surface area (TPSA) is 45.2 Å². The minimum atomic E-state index is -0.371. The molecule has 1 aromatic heterocycles. The van der Waals surface area contributed by atoms with Gasteiger partial charge in [-0.3, -0.25) is 4.98 Å². The first-order valence-electron chi connectivity index (χ1n) is 10.5. The van der Waals surface area contributed by atoms with E-state index in [-0.39, 0.29) is 5.60 Å². The highest BCUT2D eigenvalue weighted by molar-refractivity contribution is 5.58. The van der Waals surface area contributed by atoms with Gasteiger partial charge in [0.15, 0.2) is 0 Å². The van der Waals surface area contributed by atoms with E-state index in [1.165, 1.54) is 24.8 Å². The van der Waals surface area contributed by atoms with Crippen molar-refractivity contribution in [2.45, 2.75) is 63.6 Å². The molecule has 4 aliphatic carbocycles. The van der Waals surface area contributed by atoms with Crippen molar-refractivity contribution in [3.05, 3.63) is 54.2 Å². The van der Waals surface area contributed by atoms with Crippen LogP contribution < -0.4 is 5.32 Å². The highest BCUT2D eigenvalue weighted by Gasteiger charge is 2.58. The lowest BCUT2D eigenvalue weighted by Crippen LogP contribution is -2.61. The van der Waals surface area contributed by atoms with Gasteiger partial charge in [0.25, 0.3) is 0 Å². The molecule has 2 aromatic rings. The molecule has 1 heterocycles. The maximum atomic E-state index is 11.0. The lowest BCUT2D eigenvalue weighted by atomic mass is 9.46. The Morgan fingerprint density at radius 1 is 1.07 bits per heavy atom. The molecule has 4 fully saturated rings. The van der Waals surface area contributed by atoms with Crippen LogP contribution in [-0.4, -0.2) is 21.7 Å². The van der Waals surface area contributed by atoms with E-state index in [0.717, 1.165) is 48.9 Å². The van der Waals surface area contributed by atoms with Crippen LogP contribution in [0.15, 0.2) is 48.7 Å². The molecule has 0 amide bonds. The van der Waals surface area contributed by atoms with Crippen molar-refractivity contribution in [1.29, 1.82) is 0 Å². The summed E-state index contributed by atoms with van der Waals surface area (Å²) in [5, 5.41) is 14.8. The summed E-state index contributed by atoms with van der Waals surface area (Å²) < 4.78 is 0. The molecule has 6 rings (SSSR count). The van der Waals surface area contributed by atoms with E-state index in [4.69, 9.17) is 0 Å². The SMILES string of the molecule is CC(NCc1ccc(-c2ccccn2)cc1)C12CC3CC(CC(O)(C3)C1)C2. The Kier molecular flexibility index (Phi) is 4.14. The number of aliphatic hydroxyl groups is 1. The molecule has 0 radical (unpaired) electrons. The molecular weight excluding hydrogens is 332 g/mol. The second kappa shape index (κ2) is 6.42. The van der Waals surface area contributed by atoms with Crippen LogP contribution in [0, 0.1) is 17.3 Å². The highest BCUT2D eigenvalue weighted by Crippen LogP contribution is 2.62. The van der Waals surface area contributed by atoms with Gasteiger partial charge in [-0.05, 0) is 80.4 Å². The van der Waals surface area contributed by atoms with Gasteiger partial charge in [0.1, 0.15) is 0 Å². The minimum absolute atomic E-state index is 0.298. The monoisotopic (exact) mass is 362 g/mol. The van der Waals surface area contributed by atoms with Crippen molar-refractivity contribution >= 4 is 0 Å². The van der Waals surface area contributed by atoms with Gasteiger partial charge in [0.2, 0.25) is 0 Å². The van der Waals surface area contributed by atoms with Crippen LogP contribution in [0.3, 0.4) is 0 Å². The Balaban J connectivity index is 1.25. The fourth-order valence-corrected chi connectivity index (χ4v) is 6.61. The standard InChI is InChI=1S/C24H30N2O/c1-17(23-11-19-10-20(12-23)14-24(27,13-19)16-23)26-15-18-5-7-21(8-6-18)22-4-2-3-9-25-22/h2-9,17,19-20,26-27H,10-16H2,1H3. The Morgan fingerprint density at radius 2 is 1.81 bits per heavy atom. The van der Waals surface area contributed by atoms with Gasteiger partial charge in [-0.15, -0.1) is 0 Å². The smallest absolute Gasteiger partial charge is 0.0701 e. The summed E-state index contributed by atoms with van der Waals surface area (Å²) in [4.78, 5) is 4.43. The first kappa shape index (κ1) is 17.4. The fourth-order valence-electron chi connectivity index (χ4n) is 6.61. The molecule has 2 N–H and O–H groups in total. The second-order valence-electron chi connectivity index (χ2n) is 9.56.